The first-order valence-electron chi connectivity index (χ1n) is 6.85. The first-order valence-corrected chi connectivity index (χ1v) is 8.48. The number of hydrogen-bond donors (Lipinski definition) is 0. The van der Waals surface area contributed by atoms with E-state index in [1.54, 1.807) is 23.0 Å². The van der Waals surface area contributed by atoms with Crippen LogP contribution >= 0.6 is 11.6 Å². The molecule has 0 aliphatic rings. The van der Waals surface area contributed by atoms with E-state index in [1.807, 2.05) is 31.2 Å². The van der Waals surface area contributed by atoms with Gasteiger partial charge in [-0.05, 0) is 18.6 Å². The Kier molecular flexibility index (Phi) is 4.56. The number of hydrogen-bond acceptors (Lipinski definition) is 4. The van der Waals surface area contributed by atoms with E-state index < -0.39 is 11.1 Å². The molecule has 0 saturated heterocycles. The fraction of sp³-hybridized carbons (Fsp3) is 0.125. The van der Waals surface area contributed by atoms with Crippen molar-refractivity contribution in [2.45, 2.75) is 12.7 Å². The Balaban J connectivity index is 2.01. The van der Waals surface area contributed by atoms with E-state index in [-0.39, 0.29) is 5.75 Å². The van der Waals surface area contributed by atoms with Crippen LogP contribution < -0.4 is 0 Å². The van der Waals surface area contributed by atoms with E-state index in [1.165, 1.54) is 6.20 Å². The Hall–Kier alpha value is -2.02. The molecule has 0 aliphatic carbocycles. The third-order valence-electron chi connectivity index (χ3n) is 3.39. The molecule has 0 radical (unpaired) electrons. The van der Waals surface area contributed by atoms with E-state index in [0.29, 0.717) is 16.5 Å². The molecule has 1 aromatic carbocycles. The predicted molar refractivity (Wildman–Crippen MR) is 89.2 cm³/mol. The summed E-state index contributed by atoms with van der Waals surface area (Å²) < 4.78 is 23.2. The van der Waals surface area contributed by atoms with Crippen LogP contribution in [0.5, 0.6) is 0 Å². The van der Waals surface area contributed by atoms with Gasteiger partial charge >= 0.3 is 0 Å². The second kappa shape index (κ2) is 6.62. The number of imidazole rings is 1. The monoisotopic (exact) mass is 346 g/mol. The van der Waals surface area contributed by atoms with Crippen molar-refractivity contribution in [2.75, 3.05) is 0 Å². The maximum Gasteiger partial charge on any atom is 0.155 e. The van der Waals surface area contributed by atoms with Gasteiger partial charge in [-0.25, -0.2) is 9.97 Å². The summed E-state index contributed by atoms with van der Waals surface area (Å²) in [5.41, 5.74) is 3.47. The van der Waals surface area contributed by atoms with Gasteiger partial charge in [-0.3, -0.25) is 8.78 Å². The molecule has 118 valence electrons. The summed E-state index contributed by atoms with van der Waals surface area (Å²) in [5.74, 6) is 0.573. The van der Waals surface area contributed by atoms with Gasteiger partial charge in [0.15, 0.2) is 5.15 Å². The van der Waals surface area contributed by atoms with Gasteiger partial charge in [0.25, 0.3) is 0 Å². The average molecular weight is 347 g/mol. The predicted octanol–water partition coefficient (Wildman–Crippen LogP) is 3.28. The number of aromatic nitrogens is 3. The molecular weight excluding hydrogens is 334 g/mol. The zero-order valence-corrected chi connectivity index (χ0v) is 13.8. The number of halogens is 1. The summed E-state index contributed by atoms with van der Waals surface area (Å²) in [6, 6.07) is 11.4. The van der Waals surface area contributed by atoms with Crippen molar-refractivity contribution in [2.24, 2.45) is 0 Å². The van der Waals surface area contributed by atoms with E-state index in [9.17, 15) is 8.76 Å². The Morgan fingerprint density at radius 3 is 2.52 bits per heavy atom. The van der Waals surface area contributed by atoms with Gasteiger partial charge in [-0.1, -0.05) is 58.6 Å². The van der Waals surface area contributed by atoms with Crippen LogP contribution in [0.3, 0.4) is 0 Å². The molecule has 0 aliphatic heterocycles. The molecule has 0 amide bonds. The Labute approximate surface area is 141 Å². The van der Waals surface area contributed by atoms with Crippen molar-refractivity contribution >= 4 is 22.7 Å². The minimum absolute atomic E-state index is 0.0528. The number of aryl methyl sites for hydroxylation is 1. The highest BCUT2D eigenvalue weighted by molar-refractivity contribution is 7.78. The standard InChI is InChI=1S/C16H14ClN3O2S/c1-11-2-5-13(6-3-11)15-16(17)19-10-20(15)14-7-4-12(8-18-14)9-23(21)22/h2-8,10H,9H2,1H3,(H,21,22)/p-1. The first kappa shape index (κ1) is 15.9. The quantitative estimate of drug-likeness (QED) is 0.680. The summed E-state index contributed by atoms with van der Waals surface area (Å²) >= 11 is 4.10. The highest BCUT2D eigenvalue weighted by atomic mass is 35.5. The molecule has 0 spiro atoms. The molecule has 3 rings (SSSR count). The van der Waals surface area contributed by atoms with Crippen molar-refractivity contribution < 1.29 is 8.76 Å². The summed E-state index contributed by atoms with van der Waals surface area (Å²) in [4.78, 5) is 8.46. The summed E-state index contributed by atoms with van der Waals surface area (Å²) in [7, 11) is 0. The third kappa shape index (κ3) is 3.50. The number of pyridine rings is 1. The molecule has 2 heterocycles. The van der Waals surface area contributed by atoms with Crippen molar-refractivity contribution in [1.82, 2.24) is 14.5 Å². The Morgan fingerprint density at radius 1 is 1.17 bits per heavy atom. The molecule has 5 nitrogen and oxygen atoms in total. The SMILES string of the molecule is Cc1ccc(-c2c(Cl)ncn2-c2ccc(CS(=O)[O-])cn2)cc1. The minimum Gasteiger partial charge on any atom is -0.772 e. The Morgan fingerprint density at radius 2 is 1.91 bits per heavy atom. The van der Waals surface area contributed by atoms with Gasteiger partial charge in [0.1, 0.15) is 12.1 Å². The van der Waals surface area contributed by atoms with Gasteiger partial charge in [0.2, 0.25) is 0 Å². The van der Waals surface area contributed by atoms with Crippen LogP contribution in [0.2, 0.25) is 5.15 Å². The van der Waals surface area contributed by atoms with Crippen molar-refractivity contribution in [3.05, 3.63) is 65.2 Å². The maximum absolute atomic E-state index is 10.7. The normalized spacial score (nSPS) is 12.3. The molecule has 1 unspecified atom stereocenters. The summed E-state index contributed by atoms with van der Waals surface area (Å²) in [5, 5.41) is 0.389. The summed E-state index contributed by atoms with van der Waals surface area (Å²) in [6.07, 6.45) is 3.14. The lowest BCUT2D eigenvalue weighted by Gasteiger charge is -2.10. The van der Waals surface area contributed by atoms with Crippen molar-refractivity contribution in [3.63, 3.8) is 0 Å². The third-order valence-corrected chi connectivity index (χ3v) is 4.23. The summed E-state index contributed by atoms with van der Waals surface area (Å²) in [6.45, 7) is 2.02. The molecule has 1 atom stereocenters. The molecular formula is C16H13ClN3O2S-. The van der Waals surface area contributed by atoms with E-state index in [0.717, 1.165) is 16.8 Å². The fourth-order valence-corrected chi connectivity index (χ4v) is 2.94. The number of rotatable bonds is 4. The lowest BCUT2D eigenvalue weighted by Crippen LogP contribution is -2.00. The number of nitrogens with zero attached hydrogens (tertiary/aromatic N) is 3. The second-order valence-corrected chi connectivity index (χ2v) is 6.35. The molecule has 0 bridgehead atoms. The molecule has 0 saturated carbocycles. The molecule has 0 N–H and O–H groups in total. The Bertz CT molecular complexity index is 845. The van der Waals surface area contributed by atoms with Gasteiger partial charge in [-0.2, -0.15) is 0 Å². The lowest BCUT2D eigenvalue weighted by molar-refractivity contribution is 0.536. The van der Waals surface area contributed by atoms with Crippen LogP contribution in [0.1, 0.15) is 11.1 Å². The van der Waals surface area contributed by atoms with Crippen molar-refractivity contribution in [1.29, 1.82) is 0 Å². The molecule has 7 heteroatoms. The second-order valence-electron chi connectivity index (χ2n) is 5.09. The van der Waals surface area contributed by atoms with Gasteiger partial charge < -0.3 is 4.55 Å². The van der Waals surface area contributed by atoms with Crippen molar-refractivity contribution in [3.8, 4) is 17.1 Å². The smallest absolute Gasteiger partial charge is 0.155 e. The van der Waals surface area contributed by atoms with E-state index in [4.69, 9.17) is 11.6 Å². The van der Waals surface area contributed by atoms with Gasteiger partial charge in [-0.15, -0.1) is 0 Å². The van der Waals surface area contributed by atoms with E-state index >= 15 is 0 Å². The lowest BCUT2D eigenvalue weighted by atomic mass is 10.1. The van der Waals surface area contributed by atoms with Crippen LogP contribution in [0.25, 0.3) is 17.1 Å². The zero-order valence-electron chi connectivity index (χ0n) is 12.3. The highest BCUT2D eigenvalue weighted by Gasteiger charge is 2.13. The van der Waals surface area contributed by atoms with Gasteiger partial charge in [0.05, 0.1) is 5.69 Å². The van der Waals surface area contributed by atoms with Crippen LogP contribution in [-0.2, 0) is 16.8 Å². The maximum atomic E-state index is 10.7. The number of benzene rings is 1. The largest absolute Gasteiger partial charge is 0.772 e. The molecule has 23 heavy (non-hydrogen) atoms. The fourth-order valence-electron chi connectivity index (χ4n) is 2.25. The van der Waals surface area contributed by atoms with Gasteiger partial charge in [0, 0.05) is 17.5 Å². The topological polar surface area (TPSA) is 70.8 Å². The zero-order chi connectivity index (χ0) is 16.4. The first-order chi connectivity index (χ1) is 11.0. The molecule has 0 fully saturated rings. The van der Waals surface area contributed by atoms with Crippen LogP contribution in [0, 0.1) is 6.92 Å². The average Bonchev–Trinajstić information content (AvgIpc) is 2.90. The van der Waals surface area contributed by atoms with Crippen LogP contribution in [0.15, 0.2) is 48.9 Å². The molecule has 2 aromatic heterocycles. The van der Waals surface area contributed by atoms with E-state index in [2.05, 4.69) is 9.97 Å². The van der Waals surface area contributed by atoms with Crippen LogP contribution in [0.4, 0.5) is 0 Å². The molecule has 3 aromatic rings. The highest BCUT2D eigenvalue weighted by Crippen LogP contribution is 2.29. The van der Waals surface area contributed by atoms with Crippen LogP contribution in [-0.4, -0.2) is 23.3 Å². The minimum atomic E-state index is -2.13.